The van der Waals surface area contributed by atoms with Crippen LogP contribution >= 0.6 is 0 Å². The summed E-state index contributed by atoms with van der Waals surface area (Å²) in [6, 6.07) is 26.6. The van der Waals surface area contributed by atoms with Crippen LogP contribution in [-0.4, -0.2) is 62.7 Å². The maximum Gasteiger partial charge on any atom is 0.304 e. The first-order chi connectivity index (χ1) is 18.7. The van der Waals surface area contributed by atoms with Gasteiger partial charge < -0.3 is 10.2 Å². The molecule has 0 aromatic heterocycles. The van der Waals surface area contributed by atoms with Crippen molar-refractivity contribution in [1.82, 2.24) is 14.5 Å². The van der Waals surface area contributed by atoms with Gasteiger partial charge in [-0.25, -0.2) is 4.31 Å². The van der Waals surface area contributed by atoms with Gasteiger partial charge in [0.2, 0.25) is 11.8 Å². The molecule has 0 fully saturated rings. The zero-order valence-electron chi connectivity index (χ0n) is 22.9. The normalized spacial score (nSPS) is 12.1. The first-order valence-corrected chi connectivity index (χ1v) is 14.5. The molecule has 3 aromatic carbocycles. The lowest BCUT2D eigenvalue weighted by atomic mass is 10.0. The predicted molar refractivity (Wildman–Crippen MR) is 155 cm³/mol. The number of anilines is 1. The van der Waals surface area contributed by atoms with E-state index in [2.05, 4.69) is 5.32 Å². The van der Waals surface area contributed by atoms with Crippen LogP contribution in [0.25, 0.3) is 0 Å². The van der Waals surface area contributed by atoms with E-state index in [4.69, 9.17) is 0 Å². The SMILES string of the molecule is CCCCNC(=O)[C@H](Cc1ccccc1)N(Cc1ccccc1)C(=O)CN(c1ccccc1)S(=O)(=O)N(C)C. The number of hydrogen-bond acceptors (Lipinski definition) is 4. The zero-order chi connectivity index (χ0) is 28.3. The van der Waals surface area contributed by atoms with Crippen molar-refractivity contribution in [3.05, 3.63) is 102 Å². The predicted octanol–water partition coefficient (Wildman–Crippen LogP) is 3.86. The van der Waals surface area contributed by atoms with Crippen LogP contribution in [0.4, 0.5) is 5.69 Å². The Morgan fingerprint density at radius 2 is 1.36 bits per heavy atom. The van der Waals surface area contributed by atoms with Crippen LogP contribution in [0.5, 0.6) is 0 Å². The molecule has 0 saturated carbocycles. The van der Waals surface area contributed by atoms with E-state index in [-0.39, 0.29) is 12.5 Å². The van der Waals surface area contributed by atoms with Gasteiger partial charge in [-0.05, 0) is 29.7 Å². The minimum absolute atomic E-state index is 0.156. The fraction of sp³-hybridized carbons (Fsp3) is 0.333. The lowest BCUT2D eigenvalue weighted by Gasteiger charge is -2.34. The summed E-state index contributed by atoms with van der Waals surface area (Å²) in [4.78, 5) is 29.2. The Bertz CT molecular complexity index is 1290. The van der Waals surface area contributed by atoms with E-state index in [9.17, 15) is 18.0 Å². The topological polar surface area (TPSA) is 90.0 Å². The van der Waals surface area contributed by atoms with Crippen LogP contribution in [0.1, 0.15) is 30.9 Å². The van der Waals surface area contributed by atoms with Crippen LogP contribution in [0.3, 0.4) is 0 Å². The van der Waals surface area contributed by atoms with Crippen LogP contribution in [-0.2, 0) is 32.8 Å². The molecule has 0 spiro atoms. The van der Waals surface area contributed by atoms with Crippen molar-refractivity contribution < 1.29 is 18.0 Å². The van der Waals surface area contributed by atoms with E-state index in [1.807, 2.05) is 67.6 Å². The zero-order valence-corrected chi connectivity index (χ0v) is 23.7. The number of benzene rings is 3. The second kappa shape index (κ2) is 14.5. The quantitative estimate of drug-likeness (QED) is 0.309. The first-order valence-electron chi connectivity index (χ1n) is 13.1. The van der Waals surface area contributed by atoms with E-state index >= 15 is 0 Å². The summed E-state index contributed by atoms with van der Waals surface area (Å²) in [5.74, 6) is -0.738. The smallest absolute Gasteiger partial charge is 0.304 e. The summed E-state index contributed by atoms with van der Waals surface area (Å²) in [6.07, 6.45) is 2.03. The second-order valence-electron chi connectivity index (χ2n) is 9.49. The van der Waals surface area contributed by atoms with Gasteiger partial charge in [-0.1, -0.05) is 92.2 Å². The molecule has 0 radical (unpaired) electrons. The van der Waals surface area contributed by atoms with Crippen molar-refractivity contribution in [3.63, 3.8) is 0 Å². The number of unbranched alkanes of at least 4 members (excludes halogenated alkanes) is 1. The number of amides is 2. The standard InChI is InChI=1S/C30H38N4O4S/c1-4-5-21-31-30(36)28(22-25-15-9-6-10-16-25)33(23-26-17-11-7-12-18-26)29(35)24-34(39(37,38)32(2)3)27-19-13-8-14-20-27/h6-20,28H,4-5,21-24H2,1-3H3,(H,31,36)/t28-/m0/s1. The van der Waals surface area contributed by atoms with E-state index in [0.717, 1.165) is 32.6 Å². The molecule has 9 heteroatoms. The third-order valence-electron chi connectivity index (χ3n) is 6.36. The third kappa shape index (κ3) is 8.40. The Kier molecular flexibility index (Phi) is 11.1. The van der Waals surface area contributed by atoms with E-state index in [0.29, 0.717) is 18.7 Å². The molecule has 0 aliphatic heterocycles. The fourth-order valence-corrected chi connectivity index (χ4v) is 5.21. The molecule has 8 nitrogen and oxygen atoms in total. The summed E-state index contributed by atoms with van der Waals surface area (Å²) in [6.45, 7) is 2.25. The monoisotopic (exact) mass is 550 g/mol. The van der Waals surface area contributed by atoms with Crippen LogP contribution in [0.15, 0.2) is 91.0 Å². The number of rotatable bonds is 14. The van der Waals surface area contributed by atoms with Gasteiger partial charge >= 0.3 is 10.2 Å². The number of carbonyl (C=O) groups excluding carboxylic acids is 2. The number of hydrogen-bond donors (Lipinski definition) is 1. The number of nitrogens with zero attached hydrogens (tertiary/aromatic N) is 3. The summed E-state index contributed by atoms with van der Waals surface area (Å²) >= 11 is 0. The van der Waals surface area contributed by atoms with Gasteiger partial charge in [-0.3, -0.25) is 9.59 Å². The molecule has 0 bridgehead atoms. The van der Waals surface area contributed by atoms with Gasteiger partial charge in [0.15, 0.2) is 0 Å². The van der Waals surface area contributed by atoms with Gasteiger partial charge in [0, 0.05) is 33.6 Å². The molecule has 208 valence electrons. The van der Waals surface area contributed by atoms with Crippen LogP contribution in [0, 0.1) is 0 Å². The largest absolute Gasteiger partial charge is 0.354 e. The number of nitrogens with one attached hydrogen (secondary N) is 1. The highest BCUT2D eigenvalue weighted by atomic mass is 32.2. The Morgan fingerprint density at radius 3 is 1.90 bits per heavy atom. The van der Waals surface area contributed by atoms with Gasteiger partial charge in [0.05, 0.1) is 5.69 Å². The molecule has 3 aromatic rings. The highest BCUT2D eigenvalue weighted by molar-refractivity contribution is 7.90. The van der Waals surface area contributed by atoms with Crippen molar-refractivity contribution in [2.75, 3.05) is 31.5 Å². The molecular formula is C30H38N4O4S. The minimum atomic E-state index is -4.00. The summed E-state index contributed by atoms with van der Waals surface area (Å²) in [5, 5.41) is 2.99. The van der Waals surface area contributed by atoms with Crippen LogP contribution < -0.4 is 9.62 Å². The molecular weight excluding hydrogens is 512 g/mol. The lowest BCUT2D eigenvalue weighted by molar-refractivity contribution is -0.140. The number of carbonyl (C=O) groups is 2. The molecule has 2 amide bonds. The highest BCUT2D eigenvalue weighted by Gasteiger charge is 2.34. The minimum Gasteiger partial charge on any atom is -0.354 e. The molecule has 39 heavy (non-hydrogen) atoms. The molecule has 3 rings (SSSR count). The maximum absolute atomic E-state index is 14.1. The average molecular weight is 551 g/mol. The van der Waals surface area contributed by atoms with Crippen LogP contribution in [0.2, 0.25) is 0 Å². The molecule has 0 unspecified atom stereocenters. The summed E-state index contributed by atoms with van der Waals surface area (Å²) < 4.78 is 28.8. The number of para-hydroxylation sites is 1. The highest BCUT2D eigenvalue weighted by Crippen LogP contribution is 2.21. The molecule has 0 heterocycles. The first kappa shape index (κ1) is 29.9. The summed E-state index contributed by atoms with van der Waals surface area (Å²) in [5.41, 5.74) is 2.11. The molecule has 1 atom stereocenters. The average Bonchev–Trinajstić information content (AvgIpc) is 2.95. The Hall–Kier alpha value is -3.69. The Balaban J connectivity index is 2.03. The van der Waals surface area contributed by atoms with Gasteiger partial charge in [-0.15, -0.1) is 0 Å². The Morgan fingerprint density at radius 1 is 0.821 bits per heavy atom. The summed E-state index contributed by atoms with van der Waals surface area (Å²) in [7, 11) is -1.14. The lowest BCUT2D eigenvalue weighted by Crippen LogP contribution is -2.54. The fourth-order valence-electron chi connectivity index (χ4n) is 4.15. The van der Waals surface area contributed by atoms with Crippen molar-refractivity contribution in [3.8, 4) is 0 Å². The van der Waals surface area contributed by atoms with Crippen molar-refractivity contribution >= 4 is 27.7 Å². The molecule has 0 aliphatic rings. The third-order valence-corrected chi connectivity index (χ3v) is 8.18. The van der Waals surface area contributed by atoms with Gasteiger partial charge in [0.1, 0.15) is 12.6 Å². The van der Waals surface area contributed by atoms with E-state index < -0.39 is 28.7 Å². The molecule has 0 aliphatic carbocycles. The molecule has 0 saturated heterocycles. The van der Waals surface area contributed by atoms with Crippen molar-refractivity contribution in [2.24, 2.45) is 0 Å². The maximum atomic E-state index is 14.1. The van der Waals surface area contributed by atoms with Gasteiger partial charge in [0.25, 0.3) is 0 Å². The van der Waals surface area contributed by atoms with Gasteiger partial charge in [-0.2, -0.15) is 12.7 Å². The second-order valence-corrected chi connectivity index (χ2v) is 11.6. The van der Waals surface area contributed by atoms with Crippen molar-refractivity contribution in [2.45, 2.75) is 38.8 Å². The molecule has 1 N–H and O–H groups in total. The van der Waals surface area contributed by atoms with E-state index in [1.165, 1.54) is 19.0 Å². The van der Waals surface area contributed by atoms with Crippen molar-refractivity contribution in [1.29, 1.82) is 0 Å². The van der Waals surface area contributed by atoms with E-state index in [1.54, 1.807) is 30.3 Å². The Labute approximate surface area is 232 Å².